The molecule has 3 unspecified atom stereocenters. The van der Waals surface area contributed by atoms with Crippen molar-refractivity contribution in [3.8, 4) is 0 Å². The number of nitrogens with zero attached hydrogens (tertiary/aromatic N) is 2. The van der Waals surface area contributed by atoms with Crippen molar-refractivity contribution in [3.05, 3.63) is 35.4 Å². The second-order valence-corrected chi connectivity index (χ2v) is 10.1. The highest BCUT2D eigenvalue weighted by Crippen LogP contribution is 2.34. The van der Waals surface area contributed by atoms with Crippen LogP contribution in [0.2, 0.25) is 0 Å². The molecule has 3 N–H and O–H groups in total. The largest absolute Gasteiger partial charge is 0.415 e. The van der Waals surface area contributed by atoms with Gasteiger partial charge in [-0.25, -0.2) is 4.39 Å². The number of allylic oxidation sites excluding steroid dienone is 1. The monoisotopic (exact) mass is 473 g/mol. The summed E-state index contributed by atoms with van der Waals surface area (Å²) in [4.78, 5) is 36.7. The zero-order valence-electron chi connectivity index (χ0n) is 20.4. The maximum atomic E-state index is 15.4. The molecule has 34 heavy (non-hydrogen) atoms. The van der Waals surface area contributed by atoms with Crippen molar-refractivity contribution in [2.45, 2.75) is 76.5 Å². The number of hydroxylamine groups is 1. The Hall–Kier alpha value is -2.68. The second-order valence-electron chi connectivity index (χ2n) is 10.1. The summed E-state index contributed by atoms with van der Waals surface area (Å²) in [5.74, 6) is 0.763. The molecule has 9 heteroatoms. The summed E-state index contributed by atoms with van der Waals surface area (Å²) in [5.41, 5.74) is 3.77. The molecule has 8 nitrogen and oxygen atoms in total. The lowest BCUT2D eigenvalue weighted by Gasteiger charge is -2.33. The number of halogens is 1. The third-order valence-corrected chi connectivity index (χ3v) is 7.40. The van der Waals surface area contributed by atoms with Crippen molar-refractivity contribution in [1.29, 1.82) is 0 Å². The van der Waals surface area contributed by atoms with Crippen LogP contribution in [-0.4, -0.2) is 60.8 Å². The minimum atomic E-state index is -0.717. The number of hydrogen-bond acceptors (Lipinski definition) is 6. The topological polar surface area (TPSA) is 95.1 Å². The Morgan fingerprint density at radius 1 is 1.29 bits per heavy atom. The third kappa shape index (κ3) is 5.04. The molecule has 2 aliphatic heterocycles. The molecule has 186 valence electrons. The summed E-state index contributed by atoms with van der Waals surface area (Å²) in [6.45, 7) is 4.24. The second kappa shape index (κ2) is 10.3. The van der Waals surface area contributed by atoms with Gasteiger partial charge >= 0.3 is 0 Å². The Kier molecular flexibility index (Phi) is 7.40. The summed E-state index contributed by atoms with van der Waals surface area (Å²) in [5, 5.41) is 6.55. The number of carbonyl (C=O) groups excluding carboxylic acids is 2. The fourth-order valence-electron chi connectivity index (χ4n) is 5.10. The zero-order valence-corrected chi connectivity index (χ0v) is 20.4. The maximum Gasteiger partial charge on any atom is 0.252 e. The number of hydrogen-bond donors (Lipinski definition) is 3. The van der Waals surface area contributed by atoms with Gasteiger partial charge < -0.3 is 20.4 Å². The normalized spacial score (nSPS) is 31.1. The van der Waals surface area contributed by atoms with Crippen LogP contribution >= 0.6 is 0 Å². The Balaban J connectivity index is 1.56. The minimum Gasteiger partial charge on any atom is -0.415 e. The van der Waals surface area contributed by atoms with E-state index in [4.69, 9.17) is 9.83 Å². The van der Waals surface area contributed by atoms with Crippen molar-refractivity contribution in [2.75, 3.05) is 14.1 Å². The van der Waals surface area contributed by atoms with Gasteiger partial charge in [0.1, 0.15) is 24.0 Å². The first kappa shape index (κ1) is 24.4. The van der Waals surface area contributed by atoms with Gasteiger partial charge in [0, 0.05) is 14.1 Å². The van der Waals surface area contributed by atoms with Crippen LogP contribution in [0.4, 0.5) is 4.39 Å². The Bertz CT molecular complexity index is 933. The molecular weight excluding hydrogens is 437 g/mol. The van der Waals surface area contributed by atoms with Crippen LogP contribution in [0.25, 0.3) is 0 Å². The molecule has 1 saturated carbocycles. The summed E-state index contributed by atoms with van der Waals surface area (Å²) in [6.07, 6.45) is 9.87. The lowest BCUT2D eigenvalue weighted by Crippen LogP contribution is -2.52. The van der Waals surface area contributed by atoms with Crippen molar-refractivity contribution in [2.24, 2.45) is 16.8 Å². The van der Waals surface area contributed by atoms with Gasteiger partial charge in [0.05, 0.1) is 30.1 Å². The third-order valence-electron chi connectivity index (χ3n) is 7.40. The van der Waals surface area contributed by atoms with Crippen LogP contribution in [0, 0.1) is 11.8 Å². The minimum absolute atomic E-state index is 0.00362. The molecule has 0 aromatic carbocycles. The first-order valence-corrected chi connectivity index (χ1v) is 12.3. The molecule has 1 fully saturated rings. The van der Waals surface area contributed by atoms with Crippen LogP contribution in [0.3, 0.4) is 0 Å². The van der Waals surface area contributed by atoms with E-state index in [-0.39, 0.29) is 48.1 Å². The van der Waals surface area contributed by atoms with E-state index >= 15 is 4.39 Å². The van der Waals surface area contributed by atoms with Crippen molar-refractivity contribution in [1.82, 2.24) is 21.0 Å². The van der Waals surface area contributed by atoms with E-state index in [9.17, 15) is 9.59 Å². The smallest absolute Gasteiger partial charge is 0.252 e. The molecule has 0 bridgehead atoms. The molecule has 0 saturated heterocycles. The Labute approximate surface area is 200 Å². The first-order chi connectivity index (χ1) is 16.3. The van der Waals surface area contributed by atoms with Crippen LogP contribution in [0.15, 0.2) is 40.4 Å². The molecule has 0 radical (unpaired) electrons. The molecule has 2 aliphatic carbocycles. The van der Waals surface area contributed by atoms with E-state index in [1.54, 1.807) is 20.2 Å². The quantitative estimate of drug-likeness (QED) is 0.528. The molecule has 0 spiro atoms. The first-order valence-electron chi connectivity index (χ1n) is 12.3. The number of nitrogens with one attached hydrogen (secondary N) is 3. The SMILES string of the molecule is CCC1NOC=C1C(=O)N[C@H](C1=NC2C(F)=C(CC(=O)N(C)C)C=CC2N1)C1CCC(C)CC1. The standard InChI is InChI=1S/C25H36FN5O3/c1-5-18-17(13-34-30-18)25(33)29-22(15-8-6-14(2)7-9-15)24-27-19-11-10-16(12-20(32)31(3)4)21(26)23(19)28-24/h10-11,13-15,18-19,22-23,30H,5-9,12H2,1-4H3,(H,27,28)(H,29,33)/t14?,15?,18?,19?,22-,23?/m0/s1. The van der Waals surface area contributed by atoms with Gasteiger partial charge in [0.15, 0.2) is 0 Å². The highest BCUT2D eigenvalue weighted by atomic mass is 19.1. The number of carbonyl (C=O) groups is 2. The highest BCUT2D eigenvalue weighted by molar-refractivity contribution is 6.00. The average Bonchev–Trinajstić information content (AvgIpc) is 3.47. The van der Waals surface area contributed by atoms with E-state index in [0.29, 0.717) is 22.9 Å². The number of amides is 2. The fraction of sp³-hybridized carbons (Fsp3) is 0.640. The van der Waals surface area contributed by atoms with Gasteiger partial charge in [0.2, 0.25) is 5.91 Å². The van der Waals surface area contributed by atoms with Crippen LogP contribution < -0.4 is 16.1 Å². The van der Waals surface area contributed by atoms with E-state index in [2.05, 4.69) is 23.0 Å². The van der Waals surface area contributed by atoms with Crippen molar-refractivity contribution in [3.63, 3.8) is 0 Å². The van der Waals surface area contributed by atoms with Gasteiger partial charge in [-0.05, 0) is 36.7 Å². The molecular formula is C25H36FN5O3. The van der Waals surface area contributed by atoms with Crippen molar-refractivity contribution < 1.29 is 18.8 Å². The molecule has 4 atom stereocenters. The molecule has 4 rings (SSSR count). The molecule has 4 aliphatic rings. The van der Waals surface area contributed by atoms with Crippen LogP contribution in [-0.2, 0) is 14.4 Å². The fourth-order valence-corrected chi connectivity index (χ4v) is 5.10. The number of fused-ring (bicyclic) bond motifs is 1. The molecule has 0 aromatic rings. The number of aliphatic imine (C=N–C) groups is 1. The van der Waals surface area contributed by atoms with E-state index in [0.717, 1.165) is 32.1 Å². The lowest BCUT2D eigenvalue weighted by molar-refractivity contribution is -0.128. The van der Waals surface area contributed by atoms with Crippen LogP contribution in [0.5, 0.6) is 0 Å². The highest BCUT2D eigenvalue weighted by Gasteiger charge is 2.41. The van der Waals surface area contributed by atoms with Crippen LogP contribution in [0.1, 0.15) is 52.4 Å². The van der Waals surface area contributed by atoms with Gasteiger partial charge in [-0.3, -0.25) is 14.6 Å². The van der Waals surface area contributed by atoms with E-state index in [1.807, 2.05) is 13.0 Å². The van der Waals surface area contributed by atoms with E-state index in [1.165, 1.54) is 11.2 Å². The molecule has 0 aromatic heterocycles. The van der Waals surface area contributed by atoms with Gasteiger partial charge in [-0.2, -0.15) is 0 Å². The number of amidine groups is 1. The predicted molar refractivity (Wildman–Crippen MR) is 128 cm³/mol. The molecule has 2 amide bonds. The average molecular weight is 474 g/mol. The Morgan fingerprint density at radius 3 is 2.71 bits per heavy atom. The zero-order chi connectivity index (χ0) is 24.4. The predicted octanol–water partition coefficient (Wildman–Crippen LogP) is 2.51. The van der Waals surface area contributed by atoms with E-state index < -0.39 is 6.04 Å². The lowest BCUT2D eigenvalue weighted by atomic mass is 9.78. The Morgan fingerprint density at radius 2 is 2.03 bits per heavy atom. The maximum absolute atomic E-state index is 15.4. The summed E-state index contributed by atoms with van der Waals surface area (Å²) >= 11 is 0. The van der Waals surface area contributed by atoms with Crippen molar-refractivity contribution >= 4 is 17.6 Å². The summed E-state index contributed by atoms with van der Waals surface area (Å²) in [7, 11) is 3.32. The van der Waals surface area contributed by atoms with Gasteiger partial charge in [-0.15, -0.1) is 5.48 Å². The van der Waals surface area contributed by atoms with Gasteiger partial charge in [0.25, 0.3) is 5.91 Å². The summed E-state index contributed by atoms with van der Waals surface area (Å²) < 4.78 is 15.4. The van der Waals surface area contributed by atoms with Gasteiger partial charge in [-0.1, -0.05) is 38.8 Å². The number of rotatable bonds is 7. The summed E-state index contributed by atoms with van der Waals surface area (Å²) in [6, 6.07) is -1.54. The molecule has 2 heterocycles.